The van der Waals surface area contributed by atoms with Gasteiger partial charge in [-0.15, -0.1) is 0 Å². The van der Waals surface area contributed by atoms with Gasteiger partial charge in [0.25, 0.3) is 5.56 Å². The van der Waals surface area contributed by atoms with Crippen molar-refractivity contribution in [1.82, 2.24) is 19.1 Å². The van der Waals surface area contributed by atoms with Crippen molar-refractivity contribution in [2.45, 2.75) is 38.8 Å². The van der Waals surface area contributed by atoms with Crippen molar-refractivity contribution in [2.24, 2.45) is 7.05 Å². The Hall–Kier alpha value is -2.78. The Balaban J connectivity index is 1.84. The van der Waals surface area contributed by atoms with Gasteiger partial charge < -0.3 is 19.7 Å². The van der Waals surface area contributed by atoms with Gasteiger partial charge in [-0.2, -0.15) is 4.98 Å². The van der Waals surface area contributed by atoms with E-state index in [9.17, 15) is 14.7 Å². The van der Waals surface area contributed by atoms with Crippen LogP contribution in [0.15, 0.2) is 33.9 Å². The summed E-state index contributed by atoms with van der Waals surface area (Å²) in [5.74, 6) is 1.01. The van der Waals surface area contributed by atoms with Crippen LogP contribution >= 0.6 is 11.6 Å². The lowest BCUT2D eigenvalue weighted by molar-refractivity contribution is 0.0938. The van der Waals surface area contributed by atoms with Crippen LogP contribution < -0.4 is 21.3 Å². The van der Waals surface area contributed by atoms with Crippen molar-refractivity contribution in [3.8, 4) is 5.75 Å². The number of aromatic nitrogens is 4. The second-order valence-corrected chi connectivity index (χ2v) is 7.53. The summed E-state index contributed by atoms with van der Waals surface area (Å²) in [5, 5.41) is 14.3. The highest BCUT2D eigenvalue weighted by molar-refractivity contribution is 6.30. The third kappa shape index (κ3) is 5.03. The Bertz CT molecular complexity index is 1100. The number of aromatic amines is 1. The Kier molecular flexibility index (Phi) is 7.17. The largest absolute Gasteiger partial charge is 0.491 e. The first-order valence-electron chi connectivity index (χ1n) is 9.90. The van der Waals surface area contributed by atoms with Crippen molar-refractivity contribution in [3.05, 3.63) is 50.1 Å². The topological polar surface area (TPSA) is 114 Å². The van der Waals surface area contributed by atoms with E-state index < -0.39 is 17.4 Å². The molecule has 9 nitrogen and oxygen atoms in total. The van der Waals surface area contributed by atoms with E-state index in [1.807, 2.05) is 0 Å². The van der Waals surface area contributed by atoms with Gasteiger partial charge in [0.2, 0.25) is 5.95 Å². The minimum Gasteiger partial charge on any atom is -0.491 e. The van der Waals surface area contributed by atoms with Crippen LogP contribution in [0.25, 0.3) is 11.2 Å². The number of anilines is 1. The number of rotatable bonds is 10. The summed E-state index contributed by atoms with van der Waals surface area (Å²) in [6.45, 7) is 2.86. The highest BCUT2D eigenvalue weighted by Gasteiger charge is 2.19. The van der Waals surface area contributed by atoms with E-state index in [-0.39, 0.29) is 24.3 Å². The van der Waals surface area contributed by atoms with Crippen molar-refractivity contribution < 1.29 is 9.84 Å². The smallest absolute Gasteiger partial charge is 0.329 e. The molecule has 3 rings (SSSR count). The zero-order valence-electron chi connectivity index (χ0n) is 17.0. The maximum Gasteiger partial charge on any atom is 0.329 e. The fourth-order valence-corrected chi connectivity index (χ4v) is 3.24. The molecule has 3 aromatic rings. The number of nitrogens with zero attached hydrogens (tertiary/aromatic N) is 3. The molecule has 2 heterocycles. The summed E-state index contributed by atoms with van der Waals surface area (Å²) in [6, 6.07) is 6.82. The predicted molar refractivity (Wildman–Crippen MR) is 117 cm³/mol. The molecule has 162 valence electrons. The molecule has 1 unspecified atom stereocenters. The third-order valence-corrected chi connectivity index (χ3v) is 4.97. The third-order valence-electron chi connectivity index (χ3n) is 4.72. The van der Waals surface area contributed by atoms with Crippen molar-refractivity contribution in [2.75, 3.05) is 18.5 Å². The molecule has 0 bridgehead atoms. The molecule has 1 atom stereocenters. The summed E-state index contributed by atoms with van der Waals surface area (Å²) >= 11 is 5.86. The minimum absolute atomic E-state index is 0.0141. The van der Waals surface area contributed by atoms with E-state index in [1.165, 1.54) is 4.57 Å². The van der Waals surface area contributed by atoms with Crippen LogP contribution in [0.2, 0.25) is 5.02 Å². The molecule has 0 aliphatic rings. The molecular formula is C20H26ClN5O4. The van der Waals surface area contributed by atoms with Crippen molar-refractivity contribution in [1.29, 1.82) is 0 Å². The van der Waals surface area contributed by atoms with Gasteiger partial charge in [-0.05, 0) is 30.7 Å². The van der Waals surface area contributed by atoms with Crippen LogP contribution in [0.1, 0.15) is 26.2 Å². The molecule has 0 saturated heterocycles. The van der Waals surface area contributed by atoms with Crippen LogP contribution in [-0.2, 0) is 13.6 Å². The van der Waals surface area contributed by atoms with Gasteiger partial charge in [-0.3, -0.25) is 14.3 Å². The number of unbranched alkanes of at least 4 members (excludes halogenated alkanes) is 2. The number of aliphatic hydroxyl groups is 1. The summed E-state index contributed by atoms with van der Waals surface area (Å²) in [5.41, 5.74) is -0.609. The number of benzene rings is 1. The Morgan fingerprint density at radius 2 is 2.00 bits per heavy atom. The zero-order valence-corrected chi connectivity index (χ0v) is 17.8. The highest BCUT2D eigenvalue weighted by atomic mass is 35.5. The number of aryl methyl sites for hydroxylation is 1. The van der Waals surface area contributed by atoms with Gasteiger partial charge in [0.05, 0.1) is 6.54 Å². The first-order valence-corrected chi connectivity index (χ1v) is 10.3. The fourth-order valence-electron chi connectivity index (χ4n) is 3.11. The van der Waals surface area contributed by atoms with Gasteiger partial charge in [-0.1, -0.05) is 31.4 Å². The lowest BCUT2D eigenvalue weighted by Crippen LogP contribution is -2.31. The molecule has 0 amide bonds. The molecule has 0 saturated carbocycles. The van der Waals surface area contributed by atoms with Gasteiger partial charge in [0.15, 0.2) is 11.2 Å². The summed E-state index contributed by atoms with van der Waals surface area (Å²) in [7, 11) is 1.54. The molecule has 0 spiro atoms. The second-order valence-electron chi connectivity index (χ2n) is 7.09. The van der Waals surface area contributed by atoms with Gasteiger partial charge >= 0.3 is 5.69 Å². The van der Waals surface area contributed by atoms with Crippen LogP contribution in [-0.4, -0.2) is 43.5 Å². The first-order chi connectivity index (χ1) is 14.4. The van der Waals surface area contributed by atoms with Crippen LogP contribution in [0, 0.1) is 0 Å². The maximum atomic E-state index is 12.5. The van der Waals surface area contributed by atoms with E-state index in [1.54, 1.807) is 35.9 Å². The average molecular weight is 436 g/mol. The number of hydrogen-bond acceptors (Lipinski definition) is 6. The molecule has 1 aromatic carbocycles. The molecule has 0 radical (unpaired) electrons. The summed E-state index contributed by atoms with van der Waals surface area (Å²) < 4.78 is 8.48. The fraction of sp³-hybridized carbons (Fsp3) is 0.450. The van der Waals surface area contributed by atoms with E-state index in [0.29, 0.717) is 23.3 Å². The lowest BCUT2D eigenvalue weighted by Gasteiger charge is -2.16. The predicted octanol–water partition coefficient (Wildman–Crippen LogP) is 2.12. The van der Waals surface area contributed by atoms with Gasteiger partial charge in [-0.25, -0.2) is 4.79 Å². The monoisotopic (exact) mass is 435 g/mol. The van der Waals surface area contributed by atoms with Crippen LogP contribution in [0.5, 0.6) is 5.75 Å². The van der Waals surface area contributed by atoms with Crippen molar-refractivity contribution >= 4 is 28.7 Å². The maximum absolute atomic E-state index is 12.5. The number of fused-ring (bicyclic) bond motifs is 1. The summed E-state index contributed by atoms with van der Waals surface area (Å²) in [4.78, 5) is 31.1. The molecular weight excluding hydrogens is 410 g/mol. The lowest BCUT2D eigenvalue weighted by atomic mass is 10.2. The standard InChI is InChI=1S/C20H26ClN5O4/c1-3-4-5-10-22-19-23-17-16(18(28)24-20(29)25(17)2)26(19)11-14(27)12-30-15-8-6-13(21)7-9-15/h6-9,14,27H,3-5,10-12H2,1-2H3,(H,22,23)(H,24,28,29). The first kappa shape index (κ1) is 21.9. The second kappa shape index (κ2) is 9.82. The Morgan fingerprint density at radius 3 is 2.70 bits per heavy atom. The molecule has 10 heteroatoms. The molecule has 0 fully saturated rings. The Morgan fingerprint density at radius 1 is 1.27 bits per heavy atom. The molecule has 30 heavy (non-hydrogen) atoms. The SMILES string of the molecule is CCCCCNc1nc2c(c(=O)[nH]c(=O)n2C)n1CC(O)COc1ccc(Cl)cc1. The number of halogens is 1. The van der Waals surface area contributed by atoms with E-state index >= 15 is 0 Å². The number of aliphatic hydroxyl groups excluding tert-OH is 1. The van der Waals surface area contributed by atoms with Crippen LogP contribution in [0.3, 0.4) is 0 Å². The van der Waals surface area contributed by atoms with Gasteiger partial charge in [0, 0.05) is 18.6 Å². The number of hydrogen-bond donors (Lipinski definition) is 3. The number of nitrogens with one attached hydrogen (secondary N) is 2. The normalized spacial score (nSPS) is 12.3. The number of imidazole rings is 1. The van der Waals surface area contributed by atoms with E-state index in [4.69, 9.17) is 16.3 Å². The molecule has 3 N–H and O–H groups in total. The number of H-pyrrole nitrogens is 1. The van der Waals surface area contributed by atoms with Crippen LogP contribution in [0.4, 0.5) is 5.95 Å². The molecule has 2 aromatic heterocycles. The van der Waals surface area contributed by atoms with Gasteiger partial charge in [0.1, 0.15) is 18.5 Å². The quantitative estimate of drug-likeness (QED) is 0.420. The van der Waals surface area contributed by atoms with Crippen molar-refractivity contribution in [3.63, 3.8) is 0 Å². The molecule has 0 aliphatic carbocycles. The Labute approximate surface area is 178 Å². The zero-order chi connectivity index (χ0) is 21.7. The van der Waals surface area contributed by atoms with E-state index in [2.05, 4.69) is 22.2 Å². The average Bonchev–Trinajstić information content (AvgIpc) is 3.08. The van der Waals surface area contributed by atoms with E-state index in [0.717, 1.165) is 19.3 Å². The summed E-state index contributed by atoms with van der Waals surface area (Å²) in [6.07, 6.45) is 2.17. The number of ether oxygens (including phenoxy) is 1. The minimum atomic E-state index is -0.911. The molecule has 0 aliphatic heterocycles. The highest BCUT2D eigenvalue weighted by Crippen LogP contribution is 2.18.